The number of anilines is 2. The van der Waals surface area contributed by atoms with Crippen LogP contribution in [0.15, 0.2) is 36.5 Å². The Labute approximate surface area is 165 Å². The number of hydrogen-bond donors (Lipinski definition) is 1. The number of carbonyl (C=O) groups is 1. The molecule has 0 unspecified atom stereocenters. The van der Waals surface area contributed by atoms with Crippen LogP contribution in [0.4, 0.5) is 11.8 Å². The van der Waals surface area contributed by atoms with Gasteiger partial charge in [-0.15, -0.1) is 0 Å². The highest BCUT2D eigenvalue weighted by Gasteiger charge is 2.49. The van der Waals surface area contributed by atoms with Gasteiger partial charge in [0.2, 0.25) is 11.9 Å². The Morgan fingerprint density at radius 3 is 2.82 bits per heavy atom. The van der Waals surface area contributed by atoms with Gasteiger partial charge < -0.3 is 20.3 Å². The molecule has 2 fully saturated rings. The van der Waals surface area contributed by atoms with Gasteiger partial charge in [-0.2, -0.15) is 4.98 Å². The zero-order valence-corrected chi connectivity index (χ0v) is 16.4. The first-order valence-corrected chi connectivity index (χ1v) is 9.76. The number of aryl methyl sites for hydroxylation is 1. The lowest BCUT2D eigenvalue weighted by Gasteiger charge is -2.31. The molecule has 0 aliphatic carbocycles. The second-order valence-corrected chi connectivity index (χ2v) is 7.70. The molecule has 148 valence electrons. The quantitative estimate of drug-likeness (QED) is 0.853. The van der Waals surface area contributed by atoms with Crippen LogP contribution < -0.4 is 10.6 Å². The van der Waals surface area contributed by atoms with Crippen molar-refractivity contribution in [2.24, 2.45) is 11.8 Å². The van der Waals surface area contributed by atoms with E-state index in [0.29, 0.717) is 36.6 Å². The molecule has 4 rings (SSSR count). The number of aromatic nitrogens is 2. The number of amides is 1. The minimum absolute atomic E-state index is 0.0709. The van der Waals surface area contributed by atoms with E-state index in [-0.39, 0.29) is 11.9 Å². The third kappa shape index (κ3) is 3.42. The number of rotatable bonds is 5. The highest BCUT2D eigenvalue weighted by atomic mass is 16.5. The lowest BCUT2D eigenvalue weighted by molar-refractivity contribution is -0.133. The number of hydrogen-bond acceptors (Lipinski definition) is 6. The number of benzene rings is 1. The number of nitrogen functional groups attached to an aromatic ring is 1. The predicted molar refractivity (Wildman–Crippen MR) is 108 cm³/mol. The summed E-state index contributed by atoms with van der Waals surface area (Å²) in [5, 5.41) is 0. The molecule has 0 bridgehead atoms. The second kappa shape index (κ2) is 7.75. The summed E-state index contributed by atoms with van der Waals surface area (Å²) in [7, 11) is 1.63. The van der Waals surface area contributed by atoms with E-state index in [1.807, 2.05) is 6.07 Å². The van der Waals surface area contributed by atoms with Crippen molar-refractivity contribution in [1.82, 2.24) is 14.9 Å². The molecule has 0 spiro atoms. The van der Waals surface area contributed by atoms with Crippen LogP contribution in [0.1, 0.15) is 23.6 Å². The predicted octanol–water partition coefficient (Wildman–Crippen LogP) is 2.04. The highest BCUT2D eigenvalue weighted by molar-refractivity contribution is 5.77. The third-order valence-electron chi connectivity index (χ3n) is 5.96. The molecular formula is C21H27N5O2. The van der Waals surface area contributed by atoms with Gasteiger partial charge in [-0.05, 0) is 24.1 Å². The first-order chi connectivity index (χ1) is 13.6. The minimum Gasteiger partial charge on any atom is -0.384 e. The first-order valence-electron chi connectivity index (χ1n) is 9.76. The van der Waals surface area contributed by atoms with E-state index in [9.17, 15) is 4.79 Å². The Balaban J connectivity index is 1.62. The number of ether oxygens (including phenoxy) is 1. The van der Waals surface area contributed by atoms with E-state index in [4.69, 9.17) is 10.5 Å². The fraction of sp³-hybridized carbons (Fsp3) is 0.476. The normalized spacial score (nSPS) is 23.9. The summed E-state index contributed by atoms with van der Waals surface area (Å²) in [4.78, 5) is 26.0. The Kier molecular flexibility index (Phi) is 5.17. The summed E-state index contributed by atoms with van der Waals surface area (Å²) in [5.41, 5.74) is 8.30. The summed E-state index contributed by atoms with van der Waals surface area (Å²) >= 11 is 0. The lowest BCUT2D eigenvalue weighted by atomic mass is 9.87. The average Bonchev–Trinajstić information content (AvgIpc) is 3.25. The summed E-state index contributed by atoms with van der Waals surface area (Å²) < 4.78 is 5.13. The molecule has 2 aromatic rings. The van der Waals surface area contributed by atoms with Crippen LogP contribution in [-0.2, 0) is 9.53 Å². The standard InChI is InChI=1S/C21H27N5O2/c1-14-5-3-4-6-16(14)20-17-13-25(21-23-9-7-18(22)24-21)11-15(17)12-26(20)19(27)8-10-28-2/h3-7,9,15,17,20H,8,10-13H2,1-2H3,(H2,22,23,24)/t15-,17-,20+/m0/s1. The first kappa shape index (κ1) is 18.7. The Bertz CT molecular complexity index is 858. The molecule has 7 heteroatoms. The van der Waals surface area contributed by atoms with Crippen molar-refractivity contribution in [1.29, 1.82) is 0 Å². The van der Waals surface area contributed by atoms with Gasteiger partial charge in [0.25, 0.3) is 0 Å². The highest BCUT2D eigenvalue weighted by Crippen LogP contribution is 2.46. The van der Waals surface area contributed by atoms with E-state index in [2.05, 4.69) is 44.9 Å². The van der Waals surface area contributed by atoms with Gasteiger partial charge in [-0.1, -0.05) is 24.3 Å². The molecule has 2 saturated heterocycles. The van der Waals surface area contributed by atoms with E-state index < -0.39 is 0 Å². The number of carbonyl (C=O) groups excluding carboxylic acids is 1. The maximum absolute atomic E-state index is 12.9. The molecule has 0 radical (unpaired) electrons. The van der Waals surface area contributed by atoms with Crippen LogP contribution in [0, 0.1) is 18.8 Å². The molecule has 2 aliphatic rings. The lowest BCUT2D eigenvalue weighted by Crippen LogP contribution is -2.36. The van der Waals surface area contributed by atoms with Crippen LogP contribution in [0.25, 0.3) is 0 Å². The molecule has 3 heterocycles. The number of nitrogens with zero attached hydrogens (tertiary/aromatic N) is 4. The van der Waals surface area contributed by atoms with Crippen molar-refractivity contribution in [2.45, 2.75) is 19.4 Å². The smallest absolute Gasteiger partial charge is 0.227 e. The summed E-state index contributed by atoms with van der Waals surface area (Å²) in [6, 6.07) is 10.1. The summed E-state index contributed by atoms with van der Waals surface area (Å²) in [5.74, 6) is 2.05. The van der Waals surface area contributed by atoms with Crippen molar-refractivity contribution in [3.8, 4) is 0 Å². The van der Waals surface area contributed by atoms with Gasteiger partial charge in [-0.3, -0.25) is 4.79 Å². The third-order valence-corrected chi connectivity index (χ3v) is 5.96. The summed E-state index contributed by atoms with van der Waals surface area (Å²) in [6.07, 6.45) is 2.12. The van der Waals surface area contributed by atoms with Gasteiger partial charge >= 0.3 is 0 Å². The molecule has 28 heavy (non-hydrogen) atoms. The molecule has 2 aliphatic heterocycles. The Hall–Kier alpha value is -2.67. The van der Waals surface area contributed by atoms with Crippen molar-refractivity contribution in [3.63, 3.8) is 0 Å². The molecule has 3 atom stereocenters. The maximum Gasteiger partial charge on any atom is 0.227 e. The molecule has 1 aromatic heterocycles. The maximum atomic E-state index is 12.9. The van der Waals surface area contributed by atoms with Crippen LogP contribution in [0.2, 0.25) is 0 Å². The van der Waals surface area contributed by atoms with E-state index >= 15 is 0 Å². The summed E-state index contributed by atoms with van der Waals surface area (Å²) in [6.45, 7) is 4.99. The zero-order chi connectivity index (χ0) is 19.7. The fourth-order valence-corrected chi connectivity index (χ4v) is 4.63. The second-order valence-electron chi connectivity index (χ2n) is 7.70. The van der Waals surface area contributed by atoms with Gasteiger partial charge in [0.15, 0.2) is 0 Å². The molecule has 7 nitrogen and oxygen atoms in total. The van der Waals surface area contributed by atoms with Gasteiger partial charge in [-0.25, -0.2) is 4.98 Å². The van der Waals surface area contributed by atoms with Crippen LogP contribution in [0.5, 0.6) is 0 Å². The molecule has 1 aromatic carbocycles. The molecule has 1 amide bonds. The van der Waals surface area contributed by atoms with Gasteiger partial charge in [0.1, 0.15) is 5.82 Å². The average molecular weight is 381 g/mol. The molecule has 2 N–H and O–H groups in total. The topological polar surface area (TPSA) is 84.6 Å². The van der Waals surface area contributed by atoms with Crippen LogP contribution in [0.3, 0.4) is 0 Å². The van der Waals surface area contributed by atoms with Crippen molar-refractivity contribution in [3.05, 3.63) is 47.7 Å². The van der Waals surface area contributed by atoms with Crippen molar-refractivity contribution >= 4 is 17.7 Å². The Morgan fingerprint density at radius 2 is 2.07 bits per heavy atom. The van der Waals surface area contributed by atoms with Gasteiger partial charge in [0, 0.05) is 44.8 Å². The Morgan fingerprint density at radius 1 is 1.25 bits per heavy atom. The zero-order valence-electron chi connectivity index (χ0n) is 16.4. The number of nitrogens with two attached hydrogens (primary N) is 1. The largest absolute Gasteiger partial charge is 0.384 e. The van der Waals surface area contributed by atoms with Gasteiger partial charge in [0.05, 0.1) is 19.1 Å². The van der Waals surface area contributed by atoms with E-state index in [1.165, 1.54) is 11.1 Å². The number of methoxy groups -OCH3 is 1. The van der Waals surface area contributed by atoms with Crippen LogP contribution in [-0.4, -0.2) is 54.1 Å². The minimum atomic E-state index is 0.0709. The van der Waals surface area contributed by atoms with E-state index in [0.717, 1.165) is 19.6 Å². The number of fused-ring (bicyclic) bond motifs is 1. The van der Waals surface area contributed by atoms with Crippen LogP contribution >= 0.6 is 0 Å². The van der Waals surface area contributed by atoms with Crippen molar-refractivity contribution in [2.75, 3.05) is 44.0 Å². The monoisotopic (exact) mass is 381 g/mol. The molecule has 0 saturated carbocycles. The number of likely N-dealkylation sites (tertiary alicyclic amines) is 1. The SMILES string of the molecule is COCCC(=O)N1C[C@@H]2CN(c3nccc(N)n3)C[C@@H]2[C@H]1c1ccccc1C. The van der Waals surface area contributed by atoms with Crippen molar-refractivity contribution < 1.29 is 9.53 Å². The molecular weight excluding hydrogens is 354 g/mol. The van der Waals surface area contributed by atoms with E-state index in [1.54, 1.807) is 19.4 Å². The fourth-order valence-electron chi connectivity index (χ4n) is 4.63.